The van der Waals surface area contributed by atoms with E-state index in [0.717, 1.165) is 0 Å². The van der Waals surface area contributed by atoms with Crippen molar-refractivity contribution < 1.29 is 64.7 Å². The molecule has 0 rings (SSSR count). The zero-order valence-corrected chi connectivity index (χ0v) is 15.0. The highest BCUT2D eigenvalue weighted by Crippen LogP contribution is 2.24. The van der Waals surface area contributed by atoms with Crippen LogP contribution in [0.4, 0.5) is 0 Å². The number of aliphatic hydroxyl groups is 5. The topological polar surface area (TPSA) is 232 Å². The maximum Gasteiger partial charge on any atom is 0.316 e. The number of hydrogen-bond acceptors (Lipinski definition) is 10. The molecule has 0 atom stereocenters. The Morgan fingerprint density at radius 1 is 0.500 bits per heavy atom. The Bertz CT molecular complexity index is 488. The van der Waals surface area contributed by atoms with Gasteiger partial charge in [0.05, 0.1) is 59.5 Å². The zero-order valence-electron chi connectivity index (χ0n) is 15.0. The summed E-state index contributed by atoms with van der Waals surface area (Å²) in [6.45, 7) is -8.19. The Morgan fingerprint density at radius 2 is 0.714 bits per heavy atom. The minimum Gasteiger partial charge on any atom is -0.481 e. The number of aliphatic carboxylic acids is 3. The van der Waals surface area contributed by atoms with E-state index in [-0.39, 0.29) is 0 Å². The van der Waals surface area contributed by atoms with Crippen LogP contribution in [-0.4, -0.2) is 118 Å². The third-order valence-electron chi connectivity index (χ3n) is 4.39. The summed E-state index contributed by atoms with van der Waals surface area (Å²) in [7, 11) is 0. The predicted molar refractivity (Wildman–Crippen MR) is 87.3 cm³/mol. The largest absolute Gasteiger partial charge is 0.481 e. The monoisotopic (exact) mass is 414 g/mol. The van der Waals surface area contributed by atoms with Crippen molar-refractivity contribution in [3.05, 3.63) is 0 Å². The standard InChI is InChI=1S/C15H26O13/c16-1-13(2-17,10(21)22)6-27-8-15(5-20,12(25)26)9-28-7-14(3-18,4-19)11(23)24/h16-20H,1-9H2,(H,21,22)(H,23,24)(H,25,26). The first kappa shape index (κ1) is 26.1. The summed E-state index contributed by atoms with van der Waals surface area (Å²) in [6, 6.07) is 0. The van der Waals surface area contributed by atoms with E-state index < -0.39 is 93.6 Å². The first-order valence-corrected chi connectivity index (χ1v) is 7.95. The molecule has 0 fully saturated rings. The van der Waals surface area contributed by atoms with Crippen molar-refractivity contribution in [1.82, 2.24) is 0 Å². The first-order valence-electron chi connectivity index (χ1n) is 7.95. The summed E-state index contributed by atoms with van der Waals surface area (Å²) in [5, 5.41) is 73.7. The minimum absolute atomic E-state index is 0.781. The van der Waals surface area contributed by atoms with Crippen LogP contribution in [0.15, 0.2) is 0 Å². The molecule has 0 aliphatic heterocycles. The first-order chi connectivity index (χ1) is 13.0. The average Bonchev–Trinajstić information content (AvgIpc) is 2.67. The van der Waals surface area contributed by atoms with Gasteiger partial charge in [0.1, 0.15) is 16.2 Å². The smallest absolute Gasteiger partial charge is 0.316 e. The van der Waals surface area contributed by atoms with Crippen LogP contribution in [0.3, 0.4) is 0 Å². The lowest BCUT2D eigenvalue weighted by Gasteiger charge is -2.31. The molecule has 0 amide bonds. The fourth-order valence-electron chi connectivity index (χ4n) is 1.88. The molecule has 13 heteroatoms. The Balaban J connectivity index is 5.18. The summed E-state index contributed by atoms with van der Waals surface area (Å²) in [5.74, 6) is -4.79. The SMILES string of the molecule is O=C(O)C(CO)(CO)COCC(CO)(COCC(CO)(CO)C(=O)O)C(=O)O. The minimum atomic E-state index is -2.13. The van der Waals surface area contributed by atoms with Gasteiger partial charge in [-0.2, -0.15) is 0 Å². The highest BCUT2D eigenvalue weighted by Gasteiger charge is 2.44. The number of carbonyl (C=O) groups is 3. The molecule has 0 saturated heterocycles. The molecular weight excluding hydrogens is 388 g/mol. The summed E-state index contributed by atoms with van der Waals surface area (Å²) >= 11 is 0. The molecule has 13 nitrogen and oxygen atoms in total. The summed E-state index contributed by atoms with van der Waals surface area (Å²) in [5.41, 5.74) is -6.32. The van der Waals surface area contributed by atoms with Gasteiger partial charge in [-0.3, -0.25) is 14.4 Å². The Hall–Kier alpha value is -1.87. The van der Waals surface area contributed by atoms with E-state index in [4.69, 9.17) is 40.1 Å². The molecule has 0 aliphatic carbocycles. The second-order valence-corrected chi connectivity index (χ2v) is 6.53. The van der Waals surface area contributed by atoms with Gasteiger partial charge in [-0.15, -0.1) is 0 Å². The van der Waals surface area contributed by atoms with E-state index in [1.165, 1.54) is 0 Å². The molecule has 0 heterocycles. The van der Waals surface area contributed by atoms with Gasteiger partial charge >= 0.3 is 17.9 Å². The van der Waals surface area contributed by atoms with Crippen LogP contribution in [0.25, 0.3) is 0 Å². The highest BCUT2D eigenvalue weighted by atomic mass is 16.5. The molecule has 0 aromatic rings. The van der Waals surface area contributed by atoms with Crippen LogP contribution in [0.1, 0.15) is 0 Å². The third-order valence-corrected chi connectivity index (χ3v) is 4.39. The number of carboxylic acids is 3. The van der Waals surface area contributed by atoms with Crippen molar-refractivity contribution in [2.75, 3.05) is 59.5 Å². The van der Waals surface area contributed by atoms with Crippen LogP contribution < -0.4 is 0 Å². The van der Waals surface area contributed by atoms with Crippen molar-refractivity contribution >= 4 is 17.9 Å². The van der Waals surface area contributed by atoms with Crippen molar-refractivity contribution in [2.24, 2.45) is 16.2 Å². The molecule has 0 saturated carbocycles. The second-order valence-electron chi connectivity index (χ2n) is 6.53. The fraction of sp³-hybridized carbons (Fsp3) is 0.800. The van der Waals surface area contributed by atoms with E-state index in [2.05, 4.69) is 0 Å². The van der Waals surface area contributed by atoms with Crippen LogP contribution in [0, 0.1) is 16.2 Å². The molecule has 164 valence electrons. The number of hydrogen-bond donors (Lipinski definition) is 8. The van der Waals surface area contributed by atoms with Gasteiger partial charge in [-0.25, -0.2) is 0 Å². The molecule has 0 aromatic heterocycles. The number of rotatable bonds is 16. The number of aliphatic hydroxyl groups excluding tert-OH is 5. The predicted octanol–water partition coefficient (Wildman–Crippen LogP) is -3.81. The van der Waals surface area contributed by atoms with Gasteiger partial charge in [0, 0.05) is 0 Å². The maximum absolute atomic E-state index is 11.6. The second kappa shape index (κ2) is 11.2. The molecule has 0 spiro atoms. The van der Waals surface area contributed by atoms with Crippen molar-refractivity contribution in [3.63, 3.8) is 0 Å². The average molecular weight is 414 g/mol. The molecule has 0 aromatic carbocycles. The summed E-state index contributed by atoms with van der Waals surface area (Å²) < 4.78 is 10.0. The van der Waals surface area contributed by atoms with Crippen LogP contribution >= 0.6 is 0 Å². The van der Waals surface area contributed by atoms with E-state index in [1.807, 2.05) is 0 Å². The van der Waals surface area contributed by atoms with Gasteiger partial charge in [0.25, 0.3) is 0 Å². The number of carboxylic acid groups (broad SMARTS) is 3. The molecule has 0 bridgehead atoms. The van der Waals surface area contributed by atoms with Gasteiger partial charge in [-0.05, 0) is 0 Å². The lowest BCUT2D eigenvalue weighted by Crippen LogP contribution is -2.49. The zero-order chi connectivity index (χ0) is 22.0. The fourth-order valence-corrected chi connectivity index (χ4v) is 1.88. The molecule has 8 N–H and O–H groups in total. The Morgan fingerprint density at radius 3 is 0.893 bits per heavy atom. The van der Waals surface area contributed by atoms with Crippen LogP contribution in [-0.2, 0) is 23.9 Å². The molecule has 0 aliphatic rings. The normalized spacial score (nSPS) is 12.8. The van der Waals surface area contributed by atoms with E-state index >= 15 is 0 Å². The van der Waals surface area contributed by atoms with E-state index in [9.17, 15) is 24.6 Å². The van der Waals surface area contributed by atoms with Crippen molar-refractivity contribution in [2.45, 2.75) is 0 Å². The van der Waals surface area contributed by atoms with Gasteiger partial charge in [0.2, 0.25) is 0 Å². The lowest BCUT2D eigenvalue weighted by atomic mass is 9.89. The Labute approximate surface area is 159 Å². The van der Waals surface area contributed by atoms with Gasteiger partial charge in [0.15, 0.2) is 0 Å². The van der Waals surface area contributed by atoms with Gasteiger partial charge < -0.3 is 50.3 Å². The quantitative estimate of drug-likeness (QED) is 0.121. The Kier molecular flexibility index (Phi) is 10.5. The highest BCUT2D eigenvalue weighted by molar-refractivity contribution is 5.76. The molecular formula is C15H26O13. The van der Waals surface area contributed by atoms with Crippen LogP contribution in [0.5, 0.6) is 0 Å². The summed E-state index contributed by atoms with van der Waals surface area (Å²) in [6.07, 6.45) is 0. The van der Waals surface area contributed by atoms with E-state index in [0.29, 0.717) is 0 Å². The van der Waals surface area contributed by atoms with Gasteiger partial charge in [-0.1, -0.05) is 0 Å². The third kappa shape index (κ3) is 5.81. The van der Waals surface area contributed by atoms with E-state index in [1.54, 1.807) is 0 Å². The maximum atomic E-state index is 11.6. The summed E-state index contributed by atoms with van der Waals surface area (Å²) in [4.78, 5) is 33.9. The lowest BCUT2D eigenvalue weighted by molar-refractivity contribution is -0.174. The molecule has 0 unspecified atom stereocenters. The number of ether oxygens (including phenoxy) is 2. The van der Waals surface area contributed by atoms with Crippen molar-refractivity contribution in [1.29, 1.82) is 0 Å². The van der Waals surface area contributed by atoms with Crippen LogP contribution in [0.2, 0.25) is 0 Å². The van der Waals surface area contributed by atoms with Crippen molar-refractivity contribution in [3.8, 4) is 0 Å². The molecule has 28 heavy (non-hydrogen) atoms. The molecule has 0 radical (unpaired) electrons.